The first-order valence-electron chi connectivity index (χ1n) is 4.64. The fourth-order valence-corrected chi connectivity index (χ4v) is 2.71. The molecule has 6 heteroatoms. The van der Waals surface area contributed by atoms with E-state index in [-0.39, 0.29) is 5.56 Å². The molecule has 17 heavy (non-hydrogen) atoms. The fourth-order valence-electron chi connectivity index (χ4n) is 1.21. The van der Waals surface area contributed by atoms with Gasteiger partial charge in [-0.3, -0.25) is 0 Å². The first-order chi connectivity index (χ1) is 8.18. The lowest BCUT2D eigenvalue weighted by Crippen LogP contribution is -1.98. The van der Waals surface area contributed by atoms with Gasteiger partial charge in [0.05, 0.1) is 9.13 Å². The molecule has 0 unspecified atom stereocenters. The largest absolute Gasteiger partial charge is 0.478 e. The molecule has 0 aliphatic rings. The van der Waals surface area contributed by atoms with Crippen molar-refractivity contribution in [1.82, 2.24) is 9.97 Å². The Kier molecular flexibility index (Phi) is 3.95. The van der Waals surface area contributed by atoms with Crippen LogP contribution < -0.4 is 0 Å². The van der Waals surface area contributed by atoms with Gasteiger partial charge in [-0.05, 0) is 34.7 Å². The lowest BCUT2D eigenvalue weighted by molar-refractivity contribution is 0.0693. The zero-order valence-electron chi connectivity index (χ0n) is 8.50. The van der Waals surface area contributed by atoms with Crippen molar-refractivity contribution in [3.05, 3.63) is 45.9 Å². The Morgan fingerprint density at radius 1 is 1.35 bits per heavy atom. The summed E-state index contributed by atoms with van der Waals surface area (Å²) in [5.41, 5.74) is 0.284. The van der Waals surface area contributed by atoms with Crippen LogP contribution in [0, 0.1) is 3.57 Å². The van der Waals surface area contributed by atoms with Crippen LogP contribution in [0.2, 0.25) is 0 Å². The molecule has 0 saturated carbocycles. The van der Waals surface area contributed by atoms with Gasteiger partial charge in [0.15, 0.2) is 0 Å². The van der Waals surface area contributed by atoms with Crippen molar-refractivity contribution in [2.45, 2.75) is 9.92 Å². The lowest BCUT2D eigenvalue weighted by Gasteiger charge is -2.05. The number of carboxylic acid groups (broad SMARTS) is 1. The van der Waals surface area contributed by atoms with E-state index < -0.39 is 5.97 Å². The van der Waals surface area contributed by atoms with Crippen LogP contribution in [0.25, 0.3) is 0 Å². The summed E-state index contributed by atoms with van der Waals surface area (Å²) < 4.78 is 0.898. The highest BCUT2D eigenvalue weighted by molar-refractivity contribution is 14.1. The van der Waals surface area contributed by atoms with Crippen LogP contribution in [-0.2, 0) is 0 Å². The standard InChI is InChI=1S/C11H7IN2O2S/c12-8-5-13-6-14-10(8)17-9-4-2-1-3-7(9)11(15)16/h1-6H,(H,15,16). The van der Waals surface area contributed by atoms with E-state index in [1.165, 1.54) is 18.1 Å². The molecule has 1 heterocycles. The quantitative estimate of drug-likeness (QED) is 0.675. The second-order valence-electron chi connectivity index (χ2n) is 3.08. The fraction of sp³-hybridized carbons (Fsp3) is 0. The smallest absolute Gasteiger partial charge is 0.336 e. The van der Waals surface area contributed by atoms with E-state index in [4.69, 9.17) is 5.11 Å². The molecule has 86 valence electrons. The van der Waals surface area contributed by atoms with E-state index in [2.05, 4.69) is 32.6 Å². The molecule has 0 saturated heterocycles. The summed E-state index contributed by atoms with van der Waals surface area (Å²) in [4.78, 5) is 19.7. The van der Waals surface area contributed by atoms with Crippen LogP contribution in [-0.4, -0.2) is 21.0 Å². The Morgan fingerprint density at radius 3 is 2.82 bits per heavy atom. The Bertz CT molecular complexity index is 563. The highest BCUT2D eigenvalue weighted by Gasteiger charge is 2.12. The molecule has 1 N–H and O–H groups in total. The van der Waals surface area contributed by atoms with Crippen molar-refractivity contribution in [3.63, 3.8) is 0 Å². The van der Waals surface area contributed by atoms with Gasteiger partial charge in [-0.2, -0.15) is 0 Å². The molecule has 0 spiro atoms. The number of nitrogens with zero attached hydrogens (tertiary/aromatic N) is 2. The third-order valence-corrected chi connectivity index (χ3v) is 4.21. The molecule has 0 aliphatic carbocycles. The van der Waals surface area contributed by atoms with Crippen molar-refractivity contribution in [3.8, 4) is 0 Å². The molecule has 2 aromatic rings. The number of aromatic carboxylic acids is 1. The number of hydrogen-bond donors (Lipinski definition) is 1. The van der Waals surface area contributed by atoms with E-state index in [0.717, 1.165) is 8.60 Å². The summed E-state index contributed by atoms with van der Waals surface area (Å²) in [6.45, 7) is 0. The van der Waals surface area contributed by atoms with Gasteiger partial charge >= 0.3 is 5.97 Å². The van der Waals surface area contributed by atoms with E-state index in [0.29, 0.717) is 4.90 Å². The number of carbonyl (C=O) groups is 1. The van der Waals surface area contributed by atoms with E-state index >= 15 is 0 Å². The minimum Gasteiger partial charge on any atom is -0.478 e. The average molecular weight is 358 g/mol. The van der Waals surface area contributed by atoms with Crippen molar-refractivity contribution in [2.24, 2.45) is 0 Å². The van der Waals surface area contributed by atoms with Gasteiger partial charge in [0.25, 0.3) is 0 Å². The van der Waals surface area contributed by atoms with Gasteiger partial charge in [-0.15, -0.1) is 0 Å². The molecule has 4 nitrogen and oxygen atoms in total. The van der Waals surface area contributed by atoms with Crippen LogP contribution in [0.3, 0.4) is 0 Å². The van der Waals surface area contributed by atoms with Crippen LogP contribution in [0.15, 0.2) is 46.7 Å². The molecule has 0 fully saturated rings. The number of halogens is 1. The zero-order chi connectivity index (χ0) is 12.3. The molecule has 1 aromatic carbocycles. The van der Waals surface area contributed by atoms with Crippen molar-refractivity contribution in [1.29, 1.82) is 0 Å². The van der Waals surface area contributed by atoms with Gasteiger partial charge < -0.3 is 5.11 Å². The number of carboxylic acids is 1. The Hall–Kier alpha value is -1.15. The van der Waals surface area contributed by atoms with Crippen molar-refractivity contribution in [2.75, 3.05) is 0 Å². The van der Waals surface area contributed by atoms with Crippen LogP contribution >= 0.6 is 34.4 Å². The van der Waals surface area contributed by atoms with Gasteiger partial charge in [0.2, 0.25) is 0 Å². The molecule has 0 radical (unpaired) electrons. The van der Waals surface area contributed by atoms with Crippen LogP contribution in [0.4, 0.5) is 0 Å². The van der Waals surface area contributed by atoms with Crippen LogP contribution in [0.1, 0.15) is 10.4 Å². The number of benzene rings is 1. The maximum absolute atomic E-state index is 11.0. The highest BCUT2D eigenvalue weighted by Crippen LogP contribution is 2.31. The zero-order valence-corrected chi connectivity index (χ0v) is 11.5. The SMILES string of the molecule is O=C(O)c1ccccc1Sc1ncncc1I. The topological polar surface area (TPSA) is 63.1 Å². The van der Waals surface area contributed by atoms with Gasteiger partial charge in [0, 0.05) is 11.1 Å². The molecule has 0 bridgehead atoms. The number of aromatic nitrogens is 2. The maximum atomic E-state index is 11.0. The Morgan fingerprint density at radius 2 is 2.12 bits per heavy atom. The monoisotopic (exact) mass is 358 g/mol. The minimum absolute atomic E-state index is 0.284. The third kappa shape index (κ3) is 2.95. The summed E-state index contributed by atoms with van der Waals surface area (Å²) >= 11 is 3.45. The normalized spacial score (nSPS) is 10.2. The van der Waals surface area contributed by atoms with Gasteiger partial charge in [-0.25, -0.2) is 14.8 Å². The first-order valence-corrected chi connectivity index (χ1v) is 6.53. The molecular weight excluding hydrogens is 351 g/mol. The Labute approximate surface area is 116 Å². The van der Waals surface area contributed by atoms with Crippen molar-refractivity contribution >= 4 is 40.3 Å². The Balaban J connectivity index is 2.37. The van der Waals surface area contributed by atoms with E-state index in [1.807, 2.05) is 6.07 Å². The summed E-state index contributed by atoms with van der Waals surface area (Å²) in [6.07, 6.45) is 3.15. The van der Waals surface area contributed by atoms with Gasteiger partial charge in [-0.1, -0.05) is 23.9 Å². The summed E-state index contributed by atoms with van der Waals surface area (Å²) in [7, 11) is 0. The minimum atomic E-state index is -0.933. The summed E-state index contributed by atoms with van der Waals surface area (Å²) in [5.74, 6) is -0.933. The molecule has 1 aromatic heterocycles. The van der Waals surface area contributed by atoms with Crippen molar-refractivity contribution < 1.29 is 9.90 Å². The first kappa shape index (κ1) is 12.3. The molecule has 0 atom stereocenters. The molecule has 0 amide bonds. The summed E-state index contributed by atoms with van der Waals surface area (Å²) in [5, 5.41) is 9.82. The predicted octanol–water partition coefficient (Wildman–Crippen LogP) is 2.93. The van der Waals surface area contributed by atoms with E-state index in [1.54, 1.807) is 24.4 Å². The second kappa shape index (κ2) is 5.46. The number of rotatable bonds is 3. The average Bonchev–Trinajstić information content (AvgIpc) is 2.32. The molecule has 2 rings (SSSR count). The lowest BCUT2D eigenvalue weighted by atomic mass is 10.2. The molecule has 0 aliphatic heterocycles. The van der Waals surface area contributed by atoms with Crippen LogP contribution in [0.5, 0.6) is 0 Å². The molecular formula is C11H7IN2O2S. The summed E-state index contributed by atoms with van der Waals surface area (Å²) in [6, 6.07) is 6.87. The van der Waals surface area contributed by atoms with Gasteiger partial charge in [0.1, 0.15) is 11.4 Å². The second-order valence-corrected chi connectivity index (χ2v) is 5.27. The van der Waals surface area contributed by atoms with E-state index in [9.17, 15) is 4.79 Å². The maximum Gasteiger partial charge on any atom is 0.336 e. The third-order valence-electron chi connectivity index (χ3n) is 1.96. The number of hydrogen-bond acceptors (Lipinski definition) is 4. The highest BCUT2D eigenvalue weighted by atomic mass is 127. The predicted molar refractivity (Wildman–Crippen MR) is 72.3 cm³/mol.